The van der Waals surface area contributed by atoms with E-state index < -0.39 is 0 Å². The third-order valence-electron chi connectivity index (χ3n) is 2.87. The molecule has 1 aromatic heterocycles. The molecule has 0 aliphatic rings. The molecule has 0 atom stereocenters. The zero-order valence-electron chi connectivity index (χ0n) is 12.0. The summed E-state index contributed by atoms with van der Waals surface area (Å²) >= 11 is 5.20. The van der Waals surface area contributed by atoms with Gasteiger partial charge >= 0.3 is 0 Å². The van der Waals surface area contributed by atoms with Crippen molar-refractivity contribution in [1.82, 2.24) is 10.3 Å². The van der Waals surface area contributed by atoms with Crippen molar-refractivity contribution in [2.24, 2.45) is 0 Å². The molecular formula is C16H19N3OS. The number of anilines is 1. The first-order valence-electron chi connectivity index (χ1n) is 6.81. The number of rotatable bonds is 6. The van der Waals surface area contributed by atoms with Gasteiger partial charge in [-0.25, -0.2) is 4.98 Å². The predicted molar refractivity (Wildman–Crippen MR) is 89.6 cm³/mol. The Kier molecular flexibility index (Phi) is 6.12. The van der Waals surface area contributed by atoms with Crippen molar-refractivity contribution in [3.8, 4) is 0 Å². The van der Waals surface area contributed by atoms with Crippen LogP contribution in [0.5, 0.6) is 0 Å². The maximum absolute atomic E-state index is 5.20. The number of aromatic nitrogens is 1. The Bertz CT molecular complexity index is 575. The second-order valence-electron chi connectivity index (χ2n) is 4.55. The van der Waals surface area contributed by atoms with Gasteiger partial charge in [0.2, 0.25) is 0 Å². The lowest BCUT2D eigenvalue weighted by atomic mass is 10.1. The van der Waals surface area contributed by atoms with E-state index in [4.69, 9.17) is 17.0 Å². The largest absolute Gasteiger partial charge is 0.383 e. The van der Waals surface area contributed by atoms with Gasteiger partial charge in [0, 0.05) is 25.8 Å². The van der Waals surface area contributed by atoms with E-state index in [-0.39, 0.29) is 0 Å². The molecule has 110 valence electrons. The van der Waals surface area contributed by atoms with E-state index in [1.165, 1.54) is 5.56 Å². The van der Waals surface area contributed by atoms with Gasteiger partial charge in [0.05, 0.1) is 6.61 Å². The molecule has 0 aliphatic carbocycles. The number of thiocarbonyl (C=S) groups is 1. The number of methoxy groups -OCH3 is 1. The van der Waals surface area contributed by atoms with Crippen LogP contribution < -0.4 is 10.6 Å². The van der Waals surface area contributed by atoms with Crippen molar-refractivity contribution in [1.29, 1.82) is 0 Å². The number of pyridine rings is 1. The molecule has 0 radical (unpaired) electrons. The fourth-order valence-electron chi connectivity index (χ4n) is 1.88. The lowest BCUT2D eigenvalue weighted by molar-refractivity contribution is 0.204. The Hall–Kier alpha value is -1.98. The number of nitrogens with one attached hydrogen (secondary N) is 2. The second-order valence-corrected chi connectivity index (χ2v) is 4.96. The van der Waals surface area contributed by atoms with E-state index in [0.29, 0.717) is 18.3 Å². The summed E-state index contributed by atoms with van der Waals surface area (Å²) in [6, 6.07) is 16.2. The maximum Gasteiger partial charge on any atom is 0.172 e. The van der Waals surface area contributed by atoms with Gasteiger partial charge in [-0.3, -0.25) is 0 Å². The molecule has 5 heteroatoms. The van der Waals surface area contributed by atoms with Crippen molar-refractivity contribution >= 4 is 23.1 Å². The first-order chi connectivity index (χ1) is 10.3. The van der Waals surface area contributed by atoms with Crippen molar-refractivity contribution < 1.29 is 4.74 Å². The van der Waals surface area contributed by atoms with Gasteiger partial charge in [-0.1, -0.05) is 36.4 Å². The van der Waals surface area contributed by atoms with Gasteiger partial charge in [-0.05, 0) is 29.9 Å². The fraction of sp³-hybridized carbons (Fsp3) is 0.250. The summed E-state index contributed by atoms with van der Waals surface area (Å²) in [6.45, 7) is 1.29. The third-order valence-corrected chi connectivity index (χ3v) is 3.11. The van der Waals surface area contributed by atoms with Crippen molar-refractivity contribution in [3.63, 3.8) is 0 Å². The van der Waals surface area contributed by atoms with E-state index in [9.17, 15) is 0 Å². The quantitative estimate of drug-likeness (QED) is 0.634. The summed E-state index contributed by atoms with van der Waals surface area (Å²) in [5.41, 5.74) is 2.24. The van der Waals surface area contributed by atoms with Crippen molar-refractivity contribution in [2.75, 3.05) is 25.6 Å². The third kappa shape index (κ3) is 5.49. The van der Waals surface area contributed by atoms with Gasteiger partial charge < -0.3 is 15.4 Å². The number of ether oxygens (including phenoxy) is 1. The fourth-order valence-corrected chi connectivity index (χ4v) is 2.09. The van der Waals surface area contributed by atoms with Crippen LogP contribution in [0, 0.1) is 0 Å². The Morgan fingerprint density at radius 2 is 1.95 bits per heavy atom. The standard InChI is InChI=1S/C16H19N3OS/c1-20-11-10-17-16(21)19-15-9-5-8-14(18-15)12-13-6-3-2-4-7-13/h2-9H,10-12H2,1H3,(H2,17,18,19,21). The number of hydrogen-bond acceptors (Lipinski definition) is 3. The molecule has 0 saturated heterocycles. The molecule has 2 aromatic rings. The Balaban J connectivity index is 1.93. The average molecular weight is 301 g/mol. The molecule has 0 amide bonds. The highest BCUT2D eigenvalue weighted by Crippen LogP contribution is 2.10. The van der Waals surface area contributed by atoms with Crippen LogP contribution in [-0.4, -0.2) is 30.4 Å². The summed E-state index contributed by atoms with van der Waals surface area (Å²) < 4.78 is 4.96. The van der Waals surface area contributed by atoms with Crippen LogP contribution in [0.25, 0.3) is 0 Å². The first-order valence-corrected chi connectivity index (χ1v) is 7.22. The van der Waals surface area contributed by atoms with Gasteiger partial charge in [-0.15, -0.1) is 0 Å². The van der Waals surface area contributed by atoms with E-state index in [0.717, 1.165) is 17.9 Å². The molecule has 21 heavy (non-hydrogen) atoms. The van der Waals surface area contributed by atoms with Gasteiger partial charge in [0.1, 0.15) is 5.82 Å². The summed E-state index contributed by atoms with van der Waals surface area (Å²) in [4.78, 5) is 4.57. The molecule has 0 unspecified atom stereocenters. The molecule has 0 aliphatic heterocycles. The van der Waals surface area contributed by atoms with Crippen LogP contribution in [-0.2, 0) is 11.2 Å². The minimum atomic E-state index is 0.552. The van der Waals surface area contributed by atoms with Crippen LogP contribution in [0.3, 0.4) is 0 Å². The molecule has 4 nitrogen and oxygen atoms in total. The lowest BCUT2D eigenvalue weighted by Crippen LogP contribution is -2.31. The van der Waals surface area contributed by atoms with Crippen molar-refractivity contribution in [2.45, 2.75) is 6.42 Å². The second kappa shape index (κ2) is 8.34. The Morgan fingerprint density at radius 1 is 1.14 bits per heavy atom. The highest BCUT2D eigenvalue weighted by atomic mass is 32.1. The molecule has 1 heterocycles. The first kappa shape index (κ1) is 15.4. The molecule has 1 aromatic carbocycles. The molecule has 0 fully saturated rings. The van der Waals surface area contributed by atoms with Crippen LogP contribution in [0.15, 0.2) is 48.5 Å². The SMILES string of the molecule is COCCNC(=S)Nc1cccc(Cc2ccccc2)n1. The minimum Gasteiger partial charge on any atom is -0.383 e. The molecule has 0 bridgehead atoms. The molecule has 2 N–H and O–H groups in total. The number of nitrogens with zero attached hydrogens (tertiary/aromatic N) is 1. The van der Waals surface area contributed by atoms with E-state index in [1.54, 1.807) is 7.11 Å². The van der Waals surface area contributed by atoms with E-state index in [1.807, 2.05) is 36.4 Å². The topological polar surface area (TPSA) is 46.2 Å². The van der Waals surface area contributed by atoms with Crippen LogP contribution in [0.1, 0.15) is 11.3 Å². The normalized spacial score (nSPS) is 10.1. The van der Waals surface area contributed by atoms with E-state index >= 15 is 0 Å². The summed E-state index contributed by atoms with van der Waals surface area (Å²) in [7, 11) is 1.66. The minimum absolute atomic E-state index is 0.552. The van der Waals surface area contributed by atoms with Crippen LogP contribution in [0.2, 0.25) is 0 Å². The van der Waals surface area contributed by atoms with Crippen LogP contribution >= 0.6 is 12.2 Å². The smallest absolute Gasteiger partial charge is 0.172 e. The van der Waals surface area contributed by atoms with Gasteiger partial charge in [0.25, 0.3) is 0 Å². The Morgan fingerprint density at radius 3 is 2.71 bits per heavy atom. The molecule has 2 rings (SSSR count). The average Bonchev–Trinajstić information content (AvgIpc) is 2.49. The molecule has 0 saturated carbocycles. The van der Waals surface area contributed by atoms with Crippen molar-refractivity contribution in [3.05, 3.63) is 59.8 Å². The van der Waals surface area contributed by atoms with Gasteiger partial charge in [0.15, 0.2) is 5.11 Å². The van der Waals surface area contributed by atoms with E-state index in [2.05, 4.69) is 27.8 Å². The lowest BCUT2D eigenvalue weighted by Gasteiger charge is -2.10. The Labute approximate surface area is 130 Å². The highest BCUT2D eigenvalue weighted by molar-refractivity contribution is 7.80. The number of hydrogen-bond donors (Lipinski definition) is 2. The summed E-state index contributed by atoms with van der Waals surface area (Å²) in [5.74, 6) is 0.748. The maximum atomic E-state index is 5.20. The zero-order valence-corrected chi connectivity index (χ0v) is 12.8. The van der Waals surface area contributed by atoms with Crippen LogP contribution in [0.4, 0.5) is 5.82 Å². The summed E-state index contributed by atoms with van der Waals surface area (Å²) in [6.07, 6.45) is 0.806. The molecule has 0 spiro atoms. The number of benzene rings is 1. The highest BCUT2D eigenvalue weighted by Gasteiger charge is 2.01. The monoisotopic (exact) mass is 301 g/mol. The van der Waals surface area contributed by atoms with Gasteiger partial charge in [-0.2, -0.15) is 0 Å². The molecular weight excluding hydrogens is 282 g/mol. The predicted octanol–water partition coefficient (Wildman–Crippen LogP) is 2.61. The summed E-state index contributed by atoms with van der Waals surface area (Å²) in [5, 5.41) is 6.69. The zero-order chi connectivity index (χ0) is 14.9.